The van der Waals surface area contributed by atoms with E-state index in [0.717, 1.165) is 0 Å². The number of sulfonamides is 1. The lowest BCUT2D eigenvalue weighted by Crippen LogP contribution is -2.38. The van der Waals surface area contributed by atoms with Gasteiger partial charge in [0.05, 0.1) is 23.1 Å². The first-order valence-electron chi connectivity index (χ1n) is 5.65. The molecular formula is C12H16N2O4S. The van der Waals surface area contributed by atoms with E-state index in [1.807, 2.05) is 6.07 Å². The highest BCUT2D eigenvalue weighted by molar-refractivity contribution is 7.89. The maximum atomic E-state index is 12.1. The molecule has 0 heterocycles. The van der Waals surface area contributed by atoms with Crippen LogP contribution >= 0.6 is 0 Å². The van der Waals surface area contributed by atoms with Gasteiger partial charge in [-0.2, -0.15) is 5.26 Å². The molecule has 0 aliphatic rings. The third-order valence-corrected chi connectivity index (χ3v) is 4.00. The van der Waals surface area contributed by atoms with Gasteiger partial charge in [-0.25, -0.2) is 13.1 Å². The molecule has 2 N–H and O–H groups in total. The average Bonchev–Trinajstić information content (AvgIpc) is 2.39. The summed E-state index contributed by atoms with van der Waals surface area (Å²) in [7, 11) is -2.22. The molecule has 0 bridgehead atoms. The summed E-state index contributed by atoms with van der Waals surface area (Å²) in [5.74, 6) is 0. The zero-order valence-electron chi connectivity index (χ0n) is 10.5. The Balaban J connectivity index is 2.86. The zero-order valence-corrected chi connectivity index (χ0v) is 11.4. The Morgan fingerprint density at radius 2 is 2.05 bits per heavy atom. The second-order valence-corrected chi connectivity index (χ2v) is 5.64. The molecule has 0 aromatic heterocycles. The van der Waals surface area contributed by atoms with E-state index in [9.17, 15) is 8.42 Å². The van der Waals surface area contributed by atoms with Crippen LogP contribution in [0.5, 0.6) is 0 Å². The highest BCUT2D eigenvalue weighted by Gasteiger charge is 2.19. The van der Waals surface area contributed by atoms with Crippen LogP contribution in [0.15, 0.2) is 29.2 Å². The molecule has 1 rings (SSSR count). The van der Waals surface area contributed by atoms with Gasteiger partial charge in [0.2, 0.25) is 10.0 Å². The molecule has 0 aliphatic heterocycles. The van der Waals surface area contributed by atoms with Gasteiger partial charge in [0.1, 0.15) is 0 Å². The van der Waals surface area contributed by atoms with E-state index in [-0.39, 0.29) is 24.5 Å². The number of hydrogen-bond donors (Lipinski definition) is 2. The van der Waals surface area contributed by atoms with Gasteiger partial charge in [-0.1, -0.05) is 0 Å². The predicted molar refractivity (Wildman–Crippen MR) is 68.8 cm³/mol. The van der Waals surface area contributed by atoms with Crippen molar-refractivity contribution in [2.75, 3.05) is 20.3 Å². The molecule has 0 aliphatic carbocycles. The lowest BCUT2D eigenvalue weighted by Gasteiger charge is -2.16. The minimum absolute atomic E-state index is 0.0746. The molecule has 6 nitrogen and oxygen atoms in total. The van der Waals surface area contributed by atoms with Crippen molar-refractivity contribution < 1.29 is 18.3 Å². The fraction of sp³-hybridized carbons (Fsp3) is 0.417. The molecule has 1 aromatic rings. The van der Waals surface area contributed by atoms with E-state index < -0.39 is 16.1 Å². The molecule has 0 saturated carbocycles. The lowest BCUT2D eigenvalue weighted by atomic mass is 10.2. The number of ether oxygens (including phenoxy) is 1. The number of nitriles is 1. The number of hydrogen-bond acceptors (Lipinski definition) is 5. The Kier molecular flexibility index (Phi) is 5.92. The summed E-state index contributed by atoms with van der Waals surface area (Å²) in [5.41, 5.74) is 0.391. The molecule has 0 spiro atoms. The van der Waals surface area contributed by atoms with E-state index in [4.69, 9.17) is 15.1 Å². The summed E-state index contributed by atoms with van der Waals surface area (Å²) in [6.07, 6.45) is 0.267. The number of nitrogens with one attached hydrogen (secondary N) is 1. The first kappa shape index (κ1) is 15.6. The molecule has 0 saturated heterocycles. The maximum absolute atomic E-state index is 12.1. The summed E-state index contributed by atoms with van der Waals surface area (Å²) in [5, 5.41) is 17.5. The quantitative estimate of drug-likeness (QED) is 0.747. The van der Waals surface area contributed by atoms with E-state index in [1.165, 1.54) is 31.4 Å². The topological polar surface area (TPSA) is 99.4 Å². The van der Waals surface area contributed by atoms with Crippen LogP contribution in [0.3, 0.4) is 0 Å². The van der Waals surface area contributed by atoms with Crippen molar-refractivity contribution in [3.05, 3.63) is 29.8 Å². The number of benzene rings is 1. The van der Waals surface area contributed by atoms with Crippen LogP contribution < -0.4 is 4.72 Å². The van der Waals surface area contributed by atoms with Gasteiger partial charge in [0.25, 0.3) is 0 Å². The van der Waals surface area contributed by atoms with Crippen molar-refractivity contribution in [1.29, 1.82) is 5.26 Å². The normalized spacial score (nSPS) is 12.9. The highest BCUT2D eigenvalue weighted by atomic mass is 32.2. The Morgan fingerprint density at radius 1 is 1.42 bits per heavy atom. The maximum Gasteiger partial charge on any atom is 0.240 e. The van der Waals surface area contributed by atoms with Gasteiger partial charge in [-0.3, -0.25) is 0 Å². The molecule has 0 amide bonds. The van der Waals surface area contributed by atoms with Crippen molar-refractivity contribution in [2.45, 2.75) is 17.4 Å². The highest BCUT2D eigenvalue weighted by Crippen LogP contribution is 2.11. The summed E-state index contributed by atoms with van der Waals surface area (Å²) in [6, 6.07) is 7.03. The van der Waals surface area contributed by atoms with Crippen LogP contribution in [0.25, 0.3) is 0 Å². The molecule has 0 radical (unpaired) electrons. The molecular weight excluding hydrogens is 268 g/mol. The molecule has 1 atom stereocenters. The number of rotatable bonds is 7. The van der Waals surface area contributed by atoms with Crippen LogP contribution in [-0.2, 0) is 14.8 Å². The fourth-order valence-corrected chi connectivity index (χ4v) is 2.78. The van der Waals surface area contributed by atoms with Gasteiger partial charge in [-0.15, -0.1) is 0 Å². The molecule has 1 aromatic carbocycles. The number of aliphatic hydroxyl groups excluding tert-OH is 1. The van der Waals surface area contributed by atoms with Crippen LogP contribution in [0.4, 0.5) is 0 Å². The van der Waals surface area contributed by atoms with Crippen molar-refractivity contribution in [3.63, 3.8) is 0 Å². The Hall–Kier alpha value is -1.46. The van der Waals surface area contributed by atoms with E-state index in [0.29, 0.717) is 5.56 Å². The molecule has 19 heavy (non-hydrogen) atoms. The molecule has 0 fully saturated rings. The van der Waals surface area contributed by atoms with Crippen molar-refractivity contribution >= 4 is 10.0 Å². The van der Waals surface area contributed by atoms with Gasteiger partial charge in [-0.05, 0) is 30.7 Å². The summed E-state index contributed by atoms with van der Waals surface area (Å²) >= 11 is 0. The fourth-order valence-electron chi connectivity index (χ4n) is 1.53. The van der Waals surface area contributed by atoms with Gasteiger partial charge < -0.3 is 9.84 Å². The second kappa shape index (κ2) is 7.21. The van der Waals surface area contributed by atoms with Crippen LogP contribution in [0.2, 0.25) is 0 Å². The minimum atomic E-state index is -3.68. The van der Waals surface area contributed by atoms with Crippen LogP contribution in [0, 0.1) is 11.3 Å². The first-order valence-corrected chi connectivity index (χ1v) is 7.14. The SMILES string of the molecule is COCC(CCO)NS(=O)(=O)c1ccc(C#N)cc1. The van der Waals surface area contributed by atoms with Crippen LogP contribution in [-0.4, -0.2) is 39.9 Å². The Bertz CT molecular complexity index is 528. The van der Waals surface area contributed by atoms with Gasteiger partial charge in [0, 0.05) is 19.8 Å². The first-order chi connectivity index (χ1) is 9.03. The van der Waals surface area contributed by atoms with E-state index >= 15 is 0 Å². The zero-order chi connectivity index (χ0) is 14.3. The summed E-state index contributed by atoms with van der Waals surface area (Å²) < 4.78 is 31.5. The summed E-state index contributed by atoms with van der Waals surface area (Å²) in [4.78, 5) is 0.0746. The van der Waals surface area contributed by atoms with Gasteiger partial charge >= 0.3 is 0 Å². The average molecular weight is 284 g/mol. The Morgan fingerprint density at radius 3 is 2.53 bits per heavy atom. The second-order valence-electron chi connectivity index (χ2n) is 3.92. The predicted octanol–water partition coefficient (Wildman–Crippen LogP) is 0.234. The molecule has 1 unspecified atom stereocenters. The number of aliphatic hydroxyl groups is 1. The lowest BCUT2D eigenvalue weighted by molar-refractivity contribution is 0.158. The smallest absolute Gasteiger partial charge is 0.240 e. The van der Waals surface area contributed by atoms with E-state index in [2.05, 4.69) is 4.72 Å². The molecule has 7 heteroatoms. The van der Waals surface area contributed by atoms with Gasteiger partial charge in [0.15, 0.2) is 0 Å². The standard InChI is InChI=1S/C12H16N2O4S/c1-18-9-11(6-7-15)14-19(16,17)12-4-2-10(8-13)3-5-12/h2-5,11,14-15H,6-7,9H2,1H3. The molecule has 104 valence electrons. The number of methoxy groups -OCH3 is 1. The van der Waals surface area contributed by atoms with Crippen LogP contribution in [0.1, 0.15) is 12.0 Å². The minimum Gasteiger partial charge on any atom is -0.396 e. The van der Waals surface area contributed by atoms with E-state index in [1.54, 1.807) is 0 Å². The monoisotopic (exact) mass is 284 g/mol. The summed E-state index contributed by atoms with van der Waals surface area (Å²) in [6.45, 7) is 0.0417. The third kappa shape index (κ3) is 4.61. The van der Waals surface area contributed by atoms with Crippen molar-refractivity contribution in [1.82, 2.24) is 4.72 Å². The number of nitrogens with zero attached hydrogens (tertiary/aromatic N) is 1. The van der Waals surface area contributed by atoms with Crippen molar-refractivity contribution in [3.8, 4) is 6.07 Å². The Labute approximate surface area is 112 Å². The van der Waals surface area contributed by atoms with Crippen molar-refractivity contribution in [2.24, 2.45) is 0 Å². The largest absolute Gasteiger partial charge is 0.396 e. The third-order valence-electron chi connectivity index (χ3n) is 2.46.